The third-order valence-corrected chi connectivity index (χ3v) is 5.17. The highest BCUT2D eigenvalue weighted by Gasteiger charge is 2.47. The Morgan fingerprint density at radius 3 is 2.81 bits per heavy atom. The molecular weight excluding hydrogens is 344 g/mol. The molecule has 2 aliphatic rings. The standard InChI is InChI=1S/C18H21F2N3O3/c1-3-9(2)15-18(26)23-8-11(7-14(23)17(25)22-15)21-16(24)12-6-10(19)4-5-13(12)20/h4-6,9,11,14-15H,3,7-8H2,1-2H3,(H,21,24)(H,22,25)/t9-,11-,14-,15-/m0/s1. The molecule has 6 nitrogen and oxygen atoms in total. The van der Waals surface area contributed by atoms with Crippen LogP contribution in [0.1, 0.15) is 37.0 Å². The van der Waals surface area contributed by atoms with Crippen molar-refractivity contribution in [3.05, 3.63) is 35.4 Å². The molecular formula is C18H21F2N3O3. The number of piperazine rings is 1. The van der Waals surface area contributed by atoms with Crippen LogP contribution in [0, 0.1) is 17.6 Å². The number of benzene rings is 1. The summed E-state index contributed by atoms with van der Waals surface area (Å²) in [5.41, 5.74) is -0.400. The van der Waals surface area contributed by atoms with Crippen molar-refractivity contribution in [2.24, 2.45) is 5.92 Å². The minimum atomic E-state index is -0.828. The monoisotopic (exact) mass is 365 g/mol. The van der Waals surface area contributed by atoms with Crippen molar-refractivity contribution in [2.75, 3.05) is 6.54 Å². The van der Waals surface area contributed by atoms with E-state index in [2.05, 4.69) is 10.6 Å². The minimum Gasteiger partial charge on any atom is -0.347 e. The maximum Gasteiger partial charge on any atom is 0.254 e. The van der Waals surface area contributed by atoms with E-state index in [1.165, 1.54) is 4.90 Å². The molecule has 1 aromatic carbocycles. The Kier molecular flexibility index (Phi) is 4.93. The first-order chi connectivity index (χ1) is 12.3. The fourth-order valence-electron chi connectivity index (χ4n) is 3.48. The predicted octanol–water partition coefficient (Wildman–Crippen LogP) is 1.21. The fourth-order valence-corrected chi connectivity index (χ4v) is 3.48. The van der Waals surface area contributed by atoms with Gasteiger partial charge in [0.15, 0.2) is 0 Å². The van der Waals surface area contributed by atoms with Crippen molar-refractivity contribution in [1.82, 2.24) is 15.5 Å². The highest BCUT2D eigenvalue weighted by molar-refractivity contribution is 5.98. The van der Waals surface area contributed by atoms with Crippen LogP contribution in [-0.4, -0.2) is 47.3 Å². The summed E-state index contributed by atoms with van der Waals surface area (Å²) in [6, 6.07) is 0.921. The molecule has 3 amide bonds. The van der Waals surface area contributed by atoms with E-state index in [1.807, 2.05) is 13.8 Å². The summed E-state index contributed by atoms with van der Waals surface area (Å²) in [7, 11) is 0. The average Bonchev–Trinajstić information content (AvgIpc) is 3.04. The molecule has 2 fully saturated rings. The van der Waals surface area contributed by atoms with Crippen molar-refractivity contribution in [3.8, 4) is 0 Å². The molecule has 0 unspecified atom stereocenters. The lowest BCUT2D eigenvalue weighted by Crippen LogP contribution is -2.62. The highest BCUT2D eigenvalue weighted by Crippen LogP contribution is 2.26. The second kappa shape index (κ2) is 7.01. The second-order valence-electron chi connectivity index (χ2n) is 6.91. The molecule has 0 radical (unpaired) electrons. The quantitative estimate of drug-likeness (QED) is 0.842. The van der Waals surface area contributed by atoms with E-state index in [1.54, 1.807) is 0 Å². The van der Waals surface area contributed by atoms with Gasteiger partial charge in [0.05, 0.1) is 5.56 Å². The molecule has 2 saturated heterocycles. The lowest BCUT2D eigenvalue weighted by Gasteiger charge is -2.36. The van der Waals surface area contributed by atoms with Crippen LogP contribution < -0.4 is 10.6 Å². The van der Waals surface area contributed by atoms with Crippen LogP contribution >= 0.6 is 0 Å². The lowest BCUT2D eigenvalue weighted by molar-refractivity contribution is -0.148. The van der Waals surface area contributed by atoms with E-state index in [4.69, 9.17) is 0 Å². The normalized spacial score (nSPS) is 26.3. The molecule has 4 atom stereocenters. The molecule has 2 N–H and O–H groups in total. The summed E-state index contributed by atoms with van der Waals surface area (Å²) < 4.78 is 27.0. The Hall–Kier alpha value is -2.51. The number of halogens is 2. The Morgan fingerprint density at radius 2 is 2.12 bits per heavy atom. The van der Waals surface area contributed by atoms with E-state index < -0.39 is 41.2 Å². The van der Waals surface area contributed by atoms with Crippen molar-refractivity contribution in [1.29, 1.82) is 0 Å². The molecule has 2 heterocycles. The molecule has 2 aliphatic heterocycles. The predicted molar refractivity (Wildman–Crippen MR) is 89.1 cm³/mol. The largest absolute Gasteiger partial charge is 0.347 e. The molecule has 3 rings (SSSR count). The minimum absolute atomic E-state index is 0.00225. The van der Waals surface area contributed by atoms with Crippen molar-refractivity contribution < 1.29 is 23.2 Å². The summed E-state index contributed by atoms with van der Waals surface area (Å²) >= 11 is 0. The van der Waals surface area contributed by atoms with Gasteiger partial charge < -0.3 is 15.5 Å². The van der Waals surface area contributed by atoms with E-state index >= 15 is 0 Å². The van der Waals surface area contributed by atoms with Crippen molar-refractivity contribution in [2.45, 2.75) is 44.8 Å². The Bertz CT molecular complexity index is 755. The zero-order valence-corrected chi connectivity index (χ0v) is 14.6. The number of hydrogen-bond donors (Lipinski definition) is 2. The Labute approximate surface area is 149 Å². The fraction of sp³-hybridized carbons (Fsp3) is 0.500. The van der Waals surface area contributed by atoms with E-state index in [0.29, 0.717) is 0 Å². The number of carbonyl (C=O) groups excluding carboxylic acids is 3. The third-order valence-electron chi connectivity index (χ3n) is 5.17. The Morgan fingerprint density at radius 1 is 1.38 bits per heavy atom. The first-order valence-corrected chi connectivity index (χ1v) is 8.68. The van der Waals surface area contributed by atoms with Crippen LogP contribution in [0.2, 0.25) is 0 Å². The van der Waals surface area contributed by atoms with Crippen LogP contribution in [0.3, 0.4) is 0 Å². The molecule has 26 heavy (non-hydrogen) atoms. The van der Waals surface area contributed by atoms with Crippen molar-refractivity contribution in [3.63, 3.8) is 0 Å². The highest BCUT2D eigenvalue weighted by atomic mass is 19.1. The van der Waals surface area contributed by atoms with Gasteiger partial charge in [0, 0.05) is 12.6 Å². The number of amides is 3. The van der Waals surface area contributed by atoms with Gasteiger partial charge in [-0.2, -0.15) is 0 Å². The van der Waals surface area contributed by atoms with E-state index in [0.717, 1.165) is 24.6 Å². The van der Waals surface area contributed by atoms with E-state index in [9.17, 15) is 23.2 Å². The van der Waals surface area contributed by atoms with Gasteiger partial charge in [-0.05, 0) is 30.5 Å². The molecule has 8 heteroatoms. The van der Waals surface area contributed by atoms with Gasteiger partial charge >= 0.3 is 0 Å². The van der Waals surface area contributed by atoms with Gasteiger partial charge in [0.1, 0.15) is 23.7 Å². The van der Waals surface area contributed by atoms with Gasteiger partial charge in [0.2, 0.25) is 11.8 Å². The second-order valence-corrected chi connectivity index (χ2v) is 6.91. The molecule has 0 bridgehead atoms. The molecule has 0 spiro atoms. The summed E-state index contributed by atoms with van der Waals surface area (Å²) in [6.07, 6.45) is 0.988. The lowest BCUT2D eigenvalue weighted by atomic mass is 9.95. The summed E-state index contributed by atoms with van der Waals surface area (Å²) in [6.45, 7) is 4.01. The number of fused-ring (bicyclic) bond motifs is 1. The van der Waals surface area contributed by atoms with Gasteiger partial charge in [-0.1, -0.05) is 20.3 Å². The Balaban J connectivity index is 1.71. The molecule has 0 saturated carbocycles. The van der Waals surface area contributed by atoms with Crippen LogP contribution in [0.25, 0.3) is 0 Å². The number of nitrogens with one attached hydrogen (secondary N) is 2. The first-order valence-electron chi connectivity index (χ1n) is 8.68. The molecule has 0 aromatic heterocycles. The van der Waals surface area contributed by atoms with Gasteiger partial charge in [0.25, 0.3) is 5.91 Å². The van der Waals surface area contributed by atoms with Crippen LogP contribution in [0.5, 0.6) is 0 Å². The van der Waals surface area contributed by atoms with Gasteiger partial charge in [-0.15, -0.1) is 0 Å². The maximum atomic E-state index is 13.7. The van der Waals surface area contributed by atoms with Crippen LogP contribution in [0.15, 0.2) is 18.2 Å². The summed E-state index contributed by atoms with van der Waals surface area (Å²) in [4.78, 5) is 38.7. The van der Waals surface area contributed by atoms with Gasteiger partial charge in [-0.25, -0.2) is 8.78 Å². The summed E-state index contributed by atoms with van der Waals surface area (Å²) in [5.74, 6) is -2.72. The molecule has 140 valence electrons. The maximum absolute atomic E-state index is 13.7. The number of nitrogens with zero attached hydrogens (tertiary/aromatic N) is 1. The van der Waals surface area contributed by atoms with Crippen LogP contribution in [0.4, 0.5) is 8.78 Å². The third kappa shape index (κ3) is 3.27. The first kappa shape index (κ1) is 18.3. The van der Waals surface area contributed by atoms with Crippen molar-refractivity contribution >= 4 is 17.7 Å². The van der Waals surface area contributed by atoms with Gasteiger partial charge in [-0.3, -0.25) is 14.4 Å². The summed E-state index contributed by atoms with van der Waals surface area (Å²) in [5, 5.41) is 5.36. The zero-order chi connectivity index (χ0) is 19.0. The van der Waals surface area contributed by atoms with Crippen LogP contribution in [-0.2, 0) is 9.59 Å². The number of rotatable bonds is 4. The molecule has 0 aliphatic carbocycles. The number of hydrogen-bond acceptors (Lipinski definition) is 3. The van der Waals surface area contributed by atoms with E-state index in [-0.39, 0.29) is 30.7 Å². The zero-order valence-electron chi connectivity index (χ0n) is 14.6. The number of carbonyl (C=O) groups is 3. The topological polar surface area (TPSA) is 78.5 Å². The average molecular weight is 365 g/mol. The SMILES string of the molecule is CC[C@H](C)[C@@H]1NC(=O)[C@@H]2C[C@H](NC(=O)c3cc(F)ccc3F)CN2C1=O. The molecule has 1 aromatic rings. The smallest absolute Gasteiger partial charge is 0.254 e.